The van der Waals surface area contributed by atoms with Crippen molar-refractivity contribution in [3.8, 4) is 5.75 Å². The molecule has 5 heteroatoms. The molecule has 1 aromatic heterocycles. The summed E-state index contributed by atoms with van der Waals surface area (Å²) >= 11 is 0. The van der Waals surface area contributed by atoms with Gasteiger partial charge in [0.05, 0.1) is 12.3 Å². The monoisotopic (exact) mass is 300 g/mol. The molecule has 1 aromatic carbocycles. The van der Waals surface area contributed by atoms with Crippen molar-refractivity contribution in [2.24, 2.45) is 0 Å². The highest BCUT2D eigenvalue weighted by atomic mass is 19.1. The molecule has 0 spiro atoms. The summed E-state index contributed by atoms with van der Waals surface area (Å²) in [5.74, 6) is 0.260. The number of benzene rings is 1. The first-order valence-corrected chi connectivity index (χ1v) is 6.90. The highest BCUT2D eigenvalue weighted by Crippen LogP contribution is 2.16. The Bertz CT molecular complexity index is 667. The predicted octanol–water partition coefficient (Wildman–Crippen LogP) is 3.66. The number of aromatic nitrogens is 1. The maximum Gasteiger partial charge on any atom is 0.249 e. The van der Waals surface area contributed by atoms with Crippen LogP contribution in [0, 0.1) is 5.82 Å². The van der Waals surface area contributed by atoms with Crippen LogP contribution >= 0.6 is 0 Å². The largest absolute Gasteiger partial charge is 0.491 e. The third-order valence-electron chi connectivity index (χ3n) is 2.64. The van der Waals surface area contributed by atoms with E-state index in [1.807, 2.05) is 38.1 Å². The Labute approximate surface area is 128 Å². The fourth-order valence-electron chi connectivity index (χ4n) is 1.75. The van der Waals surface area contributed by atoms with Crippen LogP contribution in [-0.4, -0.2) is 17.0 Å². The molecule has 0 aliphatic rings. The molecule has 0 fully saturated rings. The summed E-state index contributed by atoms with van der Waals surface area (Å²) in [5.41, 5.74) is 0.848. The highest BCUT2D eigenvalue weighted by molar-refractivity contribution is 6.01. The lowest BCUT2D eigenvalue weighted by molar-refractivity contribution is -0.111. The summed E-state index contributed by atoms with van der Waals surface area (Å²) in [6.45, 7) is 3.90. The molecule has 1 amide bonds. The van der Waals surface area contributed by atoms with E-state index in [-0.39, 0.29) is 12.0 Å². The van der Waals surface area contributed by atoms with Crippen LogP contribution in [0.4, 0.5) is 10.2 Å². The highest BCUT2D eigenvalue weighted by Gasteiger charge is 2.01. The molecule has 0 saturated heterocycles. The van der Waals surface area contributed by atoms with Crippen LogP contribution in [-0.2, 0) is 4.79 Å². The molecule has 1 N–H and O–H groups in total. The molecule has 2 rings (SSSR count). The maximum absolute atomic E-state index is 12.7. The van der Waals surface area contributed by atoms with Gasteiger partial charge in [-0.2, -0.15) is 0 Å². The van der Waals surface area contributed by atoms with Crippen LogP contribution in [0.3, 0.4) is 0 Å². The number of carbonyl (C=O) groups is 1. The molecular weight excluding hydrogens is 283 g/mol. The number of nitrogens with one attached hydrogen (secondary N) is 1. The van der Waals surface area contributed by atoms with Crippen molar-refractivity contribution < 1.29 is 13.9 Å². The molecule has 0 bridgehead atoms. The van der Waals surface area contributed by atoms with Gasteiger partial charge in [0.15, 0.2) is 0 Å². The zero-order chi connectivity index (χ0) is 15.9. The Hall–Kier alpha value is -2.69. The summed E-state index contributed by atoms with van der Waals surface area (Å²) in [7, 11) is 0. The summed E-state index contributed by atoms with van der Waals surface area (Å²) in [6.07, 6.45) is 4.20. The van der Waals surface area contributed by atoms with E-state index in [1.165, 1.54) is 18.2 Å². The minimum absolute atomic E-state index is 0.0899. The topological polar surface area (TPSA) is 51.2 Å². The van der Waals surface area contributed by atoms with E-state index in [0.29, 0.717) is 5.82 Å². The molecule has 4 nitrogen and oxygen atoms in total. The first-order chi connectivity index (χ1) is 10.5. The molecule has 0 unspecified atom stereocenters. The van der Waals surface area contributed by atoms with E-state index in [4.69, 9.17) is 4.74 Å². The summed E-state index contributed by atoms with van der Waals surface area (Å²) in [5, 5.41) is 2.55. The van der Waals surface area contributed by atoms with Gasteiger partial charge in [-0.1, -0.05) is 12.1 Å². The Balaban J connectivity index is 1.98. The zero-order valence-corrected chi connectivity index (χ0v) is 12.4. The molecular formula is C17H17FN2O2. The van der Waals surface area contributed by atoms with Gasteiger partial charge in [-0.15, -0.1) is 0 Å². The van der Waals surface area contributed by atoms with E-state index in [1.54, 1.807) is 6.08 Å². The lowest BCUT2D eigenvalue weighted by Crippen LogP contribution is -2.09. The van der Waals surface area contributed by atoms with Crippen molar-refractivity contribution in [1.29, 1.82) is 0 Å². The smallest absolute Gasteiger partial charge is 0.249 e. The van der Waals surface area contributed by atoms with E-state index in [2.05, 4.69) is 10.3 Å². The van der Waals surface area contributed by atoms with E-state index >= 15 is 0 Å². The van der Waals surface area contributed by atoms with Gasteiger partial charge >= 0.3 is 0 Å². The minimum atomic E-state index is -0.449. The lowest BCUT2D eigenvalue weighted by atomic mass is 10.2. The number of carbonyl (C=O) groups excluding carboxylic acids is 1. The van der Waals surface area contributed by atoms with Crippen molar-refractivity contribution in [3.05, 3.63) is 60.1 Å². The number of amides is 1. The van der Waals surface area contributed by atoms with Crippen LogP contribution in [0.15, 0.2) is 48.7 Å². The summed E-state index contributed by atoms with van der Waals surface area (Å²) < 4.78 is 18.3. The molecule has 0 aliphatic heterocycles. The third-order valence-corrected chi connectivity index (χ3v) is 2.64. The molecule has 2 aromatic rings. The quantitative estimate of drug-likeness (QED) is 0.857. The molecule has 114 valence electrons. The standard InChI is InChI=1S/C17H17FN2O2/c1-12(2)22-15-5-3-4-13(10-15)6-9-17(21)20-16-8-7-14(18)11-19-16/h3-12H,1-2H3,(H,19,20,21)/b9-6+. The predicted molar refractivity (Wildman–Crippen MR) is 84.1 cm³/mol. The second kappa shape index (κ2) is 7.36. The van der Waals surface area contributed by atoms with Gasteiger partial charge in [0.2, 0.25) is 5.91 Å². The summed E-state index contributed by atoms with van der Waals surface area (Å²) in [4.78, 5) is 15.5. The number of pyridine rings is 1. The van der Waals surface area contributed by atoms with E-state index in [9.17, 15) is 9.18 Å². The van der Waals surface area contributed by atoms with Crippen molar-refractivity contribution in [3.63, 3.8) is 0 Å². The molecule has 1 heterocycles. The molecule has 0 atom stereocenters. The van der Waals surface area contributed by atoms with Crippen LogP contribution < -0.4 is 10.1 Å². The number of halogens is 1. The van der Waals surface area contributed by atoms with Crippen molar-refractivity contribution in [1.82, 2.24) is 4.98 Å². The number of rotatable bonds is 5. The van der Waals surface area contributed by atoms with Crippen molar-refractivity contribution >= 4 is 17.8 Å². The van der Waals surface area contributed by atoms with Gasteiger partial charge in [0.1, 0.15) is 17.4 Å². The van der Waals surface area contributed by atoms with E-state index < -0.39 is 5.82 Å². The zero-order valence-electron chi connectivity index (χ0n) is 12.4. The fourth-order valence-corrected chi connectivity index (χ4v) is 1.75. The molecule has 0 radical (unpaired) electrons. The van der Waals surface area contributed by atoms with Gasteiger partial charge in [0.25, 0.3) is 0 Å². The average molecular weight is 300 g/mol. The number of ether oxygens (including phenoxy) is 1. The second-order valence-corrected chi connectivity index (χ2v) is 4.92. The van der Waals surface area contributed by atoms with E-state index in [0.717, 1.165) is 17.5 Å². The first kappa shape index (κ1) is 15.7. The Kier molecular flexibility index (Phi) is 5.25. The van der Waals surface area contributed by atoms with Gasteiger partial charge in [-0.3, -0.25) is 4.79 Å². The summed E-state index contributed by atoms with van der Waals surface area (Å²) in [6, 6.07) is 10.1. The normalized spacial score (nSPS) is 10.9. The third kappa shape index (κ3) is 5.01. The van der Waals surface area contributed by atoms with Crippen molar-refractivity contribution in [2.45, 2.75) is 20.0 Å². The van der Waals surface area contributed by atoms with Gasteiger partial charge < -0.3 is 10.1 Å². The van der Waals surface area contributed by atoms with Crippen LogP contribution in [0.5, 0.6) is 5.75 Å². The van der Waals surface area contributed by atoms with Crippen LogP contribution in [0.25, 0.3) is 6.08 Å². The Morgan fingerprint density at radius 3 is 2.82 bits per heavy atom. The number of anilines is 1. The molecule has 0 saturated carbocycles. The van der Waals surface area contributed by atoms with Crippen LogP contribution in [0.1, 0.15) is 19.4 Å². The number of nitrogens with zero attached hydrogens (tertiary/aromatic N) is 1. The maximum atomic E-state index is 12.7. The van der Waals surface area contributed by atoms with Gasteiger partial charge in [-0.25, -0.2) is 9.37 Å². The molecule has 0 aliphatic carbocycles. The Morgan fingerprint density at radius 2 is 2.14 bits per heavy atom. The number of hydrogen-bond acceptors (Lipinski definition) is 3. The van der Waals surface area contributed by atoms with Crippen molar-refractivity contribution in [2.75, 3.05) is 5.32 Å². The second-order valence-electron chi connectivity index (χ2n) is 4.92. The lowest BCUT2D eigenvalue weighted by Gasteiger charge is -2.09. The molecule has 22 heavy (non-hydrogen) atoms. The number of hydrogen-bond donors (Lipinski definition) is 1. The SMILES string of the molecule is CC(C)Oc1cccc(/C=C/C(=O)Nc2ccc(F)cn2)c1. The van der Waals surface area contributed by atoms with Crippen LogP contribution in [0.2, 0.25) is 0 Å². The van der Waals surface area contributed by atoms with Gasteiger partial charge in [-0.05, 0) is 49.8 Å². The Morgan fingerprint density at radius 1 is 1.32 bits per heavy atom. The average Bonchev–Trinajstić information content (AvgIpc) is 2.47. The fraction of sp³-hybridized carbons (Fsp3) is 0.176. The van der Waals surface area contributed by atoms with Gasteiger partial charge in [0, 0.05) is 6.08 Å². The minimum Gasteiger partial charge on any atom is -0.491 e. The first-order valence-electron chi connectivity index (χ1n) is 6.90.